The van der Waals surface area contributed by atoms with E-state index in [0.717, 1.165) is 0 Å². The summed E-state index contributed by atoms with van der Waals surface area (Å²) < 4.78 is 7.23. The van der Waals surface area contributed by atoms with E-state index in [4.69, 9.17) is 4.74 Å². The van der Waals surface area contributed by atoms with Gasteiger partial charge in [0.1, 0.15) is 0 Å². The first-order chi connectivity index (χ1) is 8.65. The molecule has 0 spiro atoms. The highest BCUT2D eigenvalue weighted by molar-refractivity contribution is 6.01. The monoisotopic (exact) mass is 248 g/mol. The SMILES string of the molecule is CCOCC(C)n1cnc2cccc(C(=O)O)c21. The fraction of sp³-hybridized carbons (Fsp3) is 0.385. The van der Waals surface area contributed by atoms with Gasteiger partial charge in [0.25, 0.3) is 0 Å². The number of fused-ring (bicyclic) bond motifs is 1. The number of aromatic carboxylic acids is 1. The fourth-order valence-corrected chi connectivity index (χ4v) is 1.96. The molecule has 0 saturated heterocycles. The standard InChI is InChI=1S/C13H16N2O3/c1-3-18-7-9(2)15-8-14-11-6-4-5-10(12(11)15)13(16)17/h4-6,8-9H,3,7H2,1-2H3,(H,16,17). The van der Waals surface area contributed by atoms with Gasteiger partial charge in [-0.25, -0.2) is 9.78 Å². The van der Waals surface area contributed by atoms with E-state index in [0.29, 0.717) is 24.2 Å². The topological polar surface area (TPSA) is 64.4 Å². The molecule has 0 radical (unpaired) electrons. The summed E-state index contributed by atoms with van der Waals surface area (Å²) in [5, 5.41) is 9.21. The van der Waals surface area contributed by atoms with Crippen molar-refractivity contribution in [1.82, 2.24) is 9.55 Å². The molecule has 0 aliphatic heterocycles. The molecule has 1 N–H and O–H groups in total. The first-order valence-corrected chi connectivity index (χ1v) is 5.91. The number of rotatable bonds is 5. The van der Waals surface area contributed by atoms with Crippen molar-refractivity contribution in [2.45, 2.75) is 19.9 Å². The molecule has 0 fully saturated rings. The van der Waals surface area contributed by atoms with Crippen molar-refractivity contribution in [1.29, 1.82) is 0 Å². The molecule has 5 heteroatoms. The molecule has 0 aliphatic carbocycles. The lowest BCUT2D eigenvalue weighted by Crippen LogP contribution is -2.13. The second-order valence-electron chi connectivity index (χ2n) is 4.14. The number of para-hydroxylation sites is 1. The van der Waals surface area contributed by atoms with Gasteiger partial charge < -0.3 is 14.4 Å². The summed E-state index contributed by atoms with van der Waals surface area (Å²) in [5.41, 5.74) is 1.61. The fourth-order valence-electron chi connectivity index (χ4n) is 1.96. The Labute approximate surface area is 105 Å². The van der Waals surface area contributed by atoms with Crippen LogP contribution < -0.4 is 0 Å². The van der Waals surface area contributed by atoms with Gasteiger partial charge in [0.05, 0.1) is 35.6 Å². The number of carboxylic acid groups (broad SMARTS) is 1. The maximum absolute atomic E-state index is 11.2. The zero-order valence-corrected chi connectivity index (χ0v) is 10.5. The first kappa shape index (κ1) is 12.6. The second kappa shape index (κ2) is 5.18. The van der Waals surface area contributed by atoms with Crippen LogP contribution in [0.2, 0.25) is 0 Å². The molecule has 18 heavy (non-hydrogen) atoms. The van der Waals surface area contributed by atoms with Crippen LogP contribution in [0.15, 0.2) is 24.5 Å². The summed E-state index contributed by atoms with van der Waals surface area (Å²) >= 11 is 0. The van der Waals surface area contributed by atoms with Crippen LogP contribution >= 0.6 is 0 Å². The number of hydrogen-bond acceptors (Lipinski definition) is 3. The molecule has 1 atom stereocenters. The van der Waals surface area contributed by atoms with Gasteiger partial charge >= 0.3 is 5.97 Å². The normalized spacial score (nSPS) is 12.8. The van der Waals surface area contributed by atoms with Crippen LogP contribution in [0.1, 0.15) is 30.2 Å². The van der Waals surface area contributed by atoms with Crippen molar-refractivity contribution in [3.05, 3.63) is 30.1 Å². The van der Waals surface area contributed by atoms with Crippen LogP contribution in [0, 0.1) is 0 Å². The summed E-state index contributed by atoms with van der Waals surface area (Å²) in [7, 11) is 0. The van der Waals surface area contributed by atoms with Gasteiger partial charge in [-0.15, -0.1) is 0 Å². The minimum atomic E-state index is -0.939. The van der Waals surface area contributed by atoms with Crippen molar-refractivity contribution >= 4 is 17.0 Å². The van der Waals surface area contributed by atoms with Crippen molar-refractivity contribution in [3.63, 3.8) is 0 Å². The average Bonchev–Trinajstić information content (AvgIpc) is 2.79. The molecule has 1 aromatic carbocycles. The molecular weight excluding hydrogens is 232 g/mol. The van der Waals surface area contributed by atoms with Crippen LogP contribution in [0.25, 0.3) is 11.0 Å². The van der Waals surface area contributed by atoms with E-state index in [1.165, 1.54) is 0 Å². The molecule has 1 heterocycles. The maximum atomic E-state index is 11.2. The van der Waals surface area contributed by atoms with Crippen molar-refractivity contribution < 1.29 is 14.6 Å². The minimum Gasteiger partial charge on any atom is -0.478 e. The molecule has 0 aliphatic rings. The number of hydrogen-bond donors (Lipinski definition) is 1. The number of imidazole rings is 1. The van der Waals surface area contributed by atoms with Gasteiger partial charge in [-0.05, 0) is 26.0 Å². The van der Waals surface area contributed by atoms with E-state index >= 15 is 0 Å². The Morgan fingerprint density at radius 1 is 1.56 bits per heavy atom. The van der Waals surface area contributed by atoms with Gasteiger partial charge in [0, 0.05) is 6.61 Å². The van der Waals surface area contributed by atoms with Crippen LogP contribution in [-0.2, 0) is 4.74 Å². The van der Waals surface area contributed by atoms with Crippen LogP contribution in [0.5, 0.6) is 0 Å². The Kier molecular flexibility index (Phi) is 3.62. The summed E-state index contributed by atoms with van der Waals surface area (Å²) in [6.45, 7) is 5.09. The minimum absolute atomic E-state index is 0.0513. The Balaban J connectivity index is 2.48. The lowest BCUT2D eigenvalue weighted by molar-refractivity contribution is 0.0698. The zero-order valence-electron chi connectivity index (χ0n) is 10.5. The number of nitrogens with zero attached hydrogens (tertiary/aromatic N) is 2. The Bertz CT molecular complexity index is 562. The van der Waals surface area contributed by atoms with E-state index < -0.39 is 5.97 Å². The third-order valence-electron chi connectivity index (χ3n) is 2.86. The number of carboxylic acids is 1. The van der Waals surface area contributed by atoms with Gasteiger partial charge in [-0.1, -0.05) is 6.07 Å². The molecule has 2 aromatic rings. The molecule has 0 saturated carbocycles. The average molecular weight is 248 g/mol. The largest absolute Gasteiger partial charge is 0.478 e. The second-order valence-corrected chi connectivity index (χ2v) is 4.14. The molecular formula is C13H16N2O3. The van der Waals surface area contributed by atoms with E-state index in [2.05, 4.69) is 4.98 Å². The Morgan fingerprint density at radius 3 is 3.00 bits per heavy atom. The zero-order chi connectivity index (χ0) is 13.1. The molecule has 0 bridgehead atoms. The molecule has 96 valence electrons. The predicted octanol–water partition coefficient (Wildman–Crippen LogP) is 2.33. The summed E-state index contributed by atoms with van der Waals surface area (Å²) in [5.74, 6) is -0.939. The van der Waals surface area contributed by atoms with Crippen molar-refractivity contribution in [3.8, 4) is 0 Å². The summed E-state index contributed by atoms with van der Waals surface area (Å²) in [4.78, 5) is 15.5. The highest BCUT2D eigenvalue weighted by atomic mass is 16.5. The highest BCUT2D eigenvalue weighted by Gasteiger charge is 2.16. The quantitative estimate of drug-likeness (QED) is 0.882. The van der Waals surface area contributed by atoms with Crippen LogP contribution in [-0.4, -0.2) is 33.8 Å². The van der Waals surface area contributed by atoms with Crippen molar-refractivity contribution in [2.24, 2.45) is 0 Å². The number of aromatic nitrogens is 2. The van der Waals surface area contributed by atoms with Crippen LogP contribution in [0.4, 0.5) is 0 Å². The number of carbonyl (C=O) groups is 1. The lowest BCUT2D eigenvalue weighted by atomic mass is 10.1. The van der Waals surface area contributed by atoms with Gasteiger partial charge in [-0.3, -0.25) is 0 Å². The molecule has 2 rings (SSSR count). The highest BCUT2D eigenvalue weighted by Crippen LogP contribution is 2.22. The van der Waals surface area contributed by atoms with E-state index in [1.54, 1.807) is 18.5 Å². The van der Waals surface area contributed by atoms with Gasteiger partial charge in [0.2, 0.25) is 0 Å². The number of benzene rings is 1. The maximum Gasteiger partial charge on any atom is 0.337 e. The predicted molar refractivity (Wildman–Crippen MR) is 67.9 cm³/mol. The van der Waals surface area contributed by atoms with E-state index in [1.807, 2.05) is 24.5 Å². The van der Waals surface area contributed by atoms with E-state index in [9.17, 15) is 9.90 Å². The molecule has 0 amide bonds. The molecule has 1 unspecified atom stereocenters. The molecule has 1 aromatic heterocycles. The Hall–Kier alpha value is -1.88. The third-order valence-corrected chi connectivity index (χ3v) is 2.86. The van der Waals surface area contributed by atoms with Crippen LogP contribution in [0.3, 0.4) is 0 Å². The van der Waals surface area contributed by atoms with E-state index in [-0.39, 0.29) is 11.6 Å². The summed E-state index contributed by atoms with van der Waals surface area (Å²) in [6, 6.07) is 5.16. The Morgan fingerprint density at radius 2 is 2.33 bits per heavy atom. The summed E-state index contributed by atoms with van der Waals surface area (Å²) in [6.07, 6.45) is 1.67. The third kappa shape index (κ3) is 2.22. The number of ether oxygens (including phenoxy) is 1. The van der Waals surface area contributed by atoms with Gasteiger partial charge in [0.15, 0.2) is 0 Å². The first-order valence-electron chi connectivity index (χ1n) is 5.91. The lowest BCUT2D eigenvalue weighted by Gasteiger charge is -2.15. The molecule has 5 nitrogen and oxygen atoms in total. The smallest absolute Gasteiger partial charge is 0.337 e. The van der Waals surface area contributed by atoms with Crippen molar-refractivity contribution in [2.75, 3.05) is 13.2 Å². The van der Waals surface area contributed by atoms with Gasteiger partial charge in [-0.2, -0.15) is 0 Å².